The largest absolute Gasteiger partial charge is 0.480 e. The highest BCUT2D eigenvalue weighted by atomic mass is 16.4. The van der Waals surface area contributed by atoms with Gasteiger partial charge in [0.2, 0.25) is 41.4 Å². The van der Waals surface area contributed by atoms with Crippen molar-refractivity contribution in [2.75, 3.05) is 26.2 Å². The van der Waals surface area contributed by atoms with Gasteiger partial charge >= 0.3 is 5.97 Å². The van der Waals surface area contributed by atoms with E-state index in [-0.39, 0.29) is 51.3 Å². The number of guanidine groups is 1. The molecular weight excluding hydrogens is 662 g/mol. The van der Waals surface area contributed by atoms with Gasteiger partial charge in [-0.25, -0.2) is 4.79 Å². The summed E-state index contributed by atoms with van der Waals surface area (Å²) in [6, 6.07) is -8.42. The number of hydrogen-bond acceptors (Lipinski definition) is 11. The molecule has 2 aliphatic heterocycles. The molecule has 0 aromatic rings. The van der Waals surface area contributed by atoms with Gasteiger partial charge in [-0.3, -0.25) is 38.6 Å². The minimum atomic E-state index is -1.67. The van der Waals surface area contributed by atoms with Crippen LogP contribution < -0.4 is 44.2 Å². The van der Waals surface area contributed by atoms with E-state index in [4.69, 9.17) is 22.9 Å². The highest BCUT2D eigenvalue weighted by molar-refractivity contribution is 5.97. The number of aliphatic carboxylic acids is 1. The molecule has 2 rings (SSSR count). The van der Waals surface area contributed by atoms with E-state index < -0.39 is 103 Å². The molecule has 280 valence electrons. The van der Waals surface area contributed by atoms with Gasteiger partial charge in [0.15, 0.2) is 5.96 Å². The van der Waals surface area contributed by atoms with Gasteiger partial charge in [0.1, 0.15) is 36.3 Å². The Kier molecular flexibility index (Phi) is 15.8. The molecule has 2 heterocycles. The molecular formula is C29H49N11O10. The summed E-state index contributed by atoms with van der Waals surface area (Å²) in [5.74, 6) is -6.99. The van der Waals surface area contributed by atoms with Crippen molar-refractivity contribution >= 4 is 53.3 Å². The lowest BCUT2D eigenvalue weighted by molar-refractivity contribution is -0.145. The molecule has 2 saturated heterocycles. The van der Waals surface area contributed by atoms with Crippen molar-refractivity contribution in [3.05, 3.63) is 0 Å². The van der Waals surface area contributed by atoms with E-state index in [1.807, 2.05) is 0 Å². The maximum atomic E-state index is 13.6. The van der Waals surface area contributed by atoms with Gasteiger partial charge in [-0.05, 0) is 52.4 Å². The fourth-order valence-electron chi connectivity index (χ4n) is 5.63. The highest BCUT2D eigenvalue weighted by Gasteiger charge is 2.41. The molecule has 21 heteroatoms. The van der Waals surface area contributed by atoms with Crippen LogP contribution in [0.1, 0.15) is 58.8 Å². The zero-order valence-corrected chi connectivity index (χ0v) is 28.1. The number of carbonyl (C=O) groups excluding carboxylic acids is 7. The number of nitrogens with two attached hydrogens (primary N) is 4. The van der Waals surface area contributed by atoms with Gasteiger partial charge in [-0.15, -0.1) is 0 Å². The third kappa shape index (κ3) is 11.8. The van der Waals surface area contributed by atoms with Crippen LogP contribution in [0.25, 0.3) is 0 Å². The van der Waals surface area contributed by atoms with E-state index in [9.17, 15) is 48.6 Å². The SMILES string of the molecule is C[C@H](N)C(=O)N[C@@H](C)C(=O)N1CCC[C@H]1C(=O)N[C@@H](CO)C(=O)N1CCC[C@H]1C(=O)N[C@@H](CCCN=C(N)N)C(=O)N[C@@H](CC(N)=O)C(=O)O. The molecule has 7 amide bonds. The smallest absolute Gasteiger partial charge is 0.326 e. The lowest BCUT2D eigenvalue weighted by Gasteiger charge is -2.31. The van der Waals surface area contributed by atoms with E-state index in [1.54, 1.807) is 0 Å². The molecule has 0 radical (unpaired) electrons. The lowest BCUT2D eigenvalue weighted by Crippen LogP contribution is -2.59. The van der Waals surface area contributed by atoms with Crippen LogP contribution in [0.2, 0.25) is 0 Å². The molecule has 0 saturated carbocycles. The van der Waals surface area contributed by atoms with Crippen LogP contribution in [0.15, 0.2) is 4.99 Å². The van der Waals surface area contributed by atoms with Crippen LogP contribution in [0.5, 0.6) is 0 Å². The first-order valence-corrected chi connectivity index (χ1v) is 16.2. The summed E-state index contributed by atoms with van der Waals surface area (Å²) in [6.45, 7) is 2.45. The summed E-state index contributed by atoms with van der Waals surface area (Å²) >= 11 is 0. The van der Waals surface area contributed by atoms with Crippen LogP contribution in [0, 0.1) is 0 Å². The van der Waals surface area contributed by atoms with Crippen LogP contribution in [0.4, 0.5) is 0 Å². The maximum Gasteiger partial charge on any atom is 0.326 e. The monoisotopic (exact) mass is 711 g/mol. The normalized spacial score (nSPS) is 20.0. The summed E-state index contributed by atoms with van der Waals surface area (Å²) in [5, 5.41) is 29.2. The van der Waals surface area contributed by atoms with E-state index in [2.05, 4.69) is 26.3 Å². The number of rotatable bonds is 18. The number of nitrogens with one attached hydrogen (secondary N) is 4. The van der Waals surface area contributed by atoms with Crippen LogP contribution in [-0.2, 0) is 38.4 Å². The van der Waals surface area contributed by atoms with Crippen LogP contribution in [0.3, 0.4) is 0 Å². The lowest BCUT2D eigenvalue weighted by atomic mass is 10.1. The summed E-state index contributed by atoms with van der Waals surface area (Å²) in [4.78, 5) is 108. The highest BCUT2D eigenvalue weighted by Crippen LogP contribution is 2.21. The number of likely N-dealkylation sites (tertiary alicyclic amines) is 2. The zero-order valence-electron chi connectivity index (χ0n) is 28.1. The molecule has 0 bridgehead atoms. The molecule has 7 atom stereocenters. The van der Waals surface area contributed by atoms with Gasteiger partial charge in [0.05, 0.1) is 19.1 Å². The number of carboxylic acids is 1. The Morgan fingerprint density at radius 1 is 0.780 bits per heavy atom. The number of carboxylic acid groups (broad SMARTS) is 1. The number of hydrogen-bond donors (Lipinski definition) is 10. The number of aliphatic hydroxyl groups excluding tert-OH is 1. The number of aliphatic hydroxyl groups is 1. The van der Waals surface area contributed by atoms with Gasteiger partial charge in [0, 0.05) is 19.6 Å². The predicted molar refractivity (Wildman–Crippen MR) is 175 cm³/mol. The third-order valence-electron chi connectivity index (χ3n) is 8.22. The molecule has 0 aromatic carbocycles. The molecule has 0 aliphatic carbocycles. The van der Waals surface area contributed by atoms with Crippen molar-refractivity contribution < 1.29 is 48.6 Å². The second-order valence-corrected chi connectivity index (χ2v) is 12.2. The first-order valence-electron chi connectivity index (χ1n) is 16.2. The standard InChI is InChI=1S/C29H49N11O10/c1-14(30)22(43)35-15(2)26(47)39-10-4-7-19(39)25(46)38-18(13-41)27(48)40-11-5-8-20(40)24(45)36-16(6-3-9-34-29(32)33)23(44)37-17(28(49)50)12-21(31)42/h14-20,41H,3-13,30H2,1-2H3,(H2,31,42)(H,35,43)(H,36,45)(H,37,44)(H,38,46)(H,49,50)(H4,32,33,34)/t14-,15-,16-,17-,18-,19-,20-/m0/s1. The number of primary amides is 1. The van der Waals surface area contributed by atoms with E-state index in [0.29, 0.717) is 12.8 Å². The summed E-state index contributed by atoms with van der Waals surface area (Å²) in [7, 11) is 0. The van der Waals surface area contributed by atoms with Crippen molar-refractivity contribution in [3.63, 3.8) is 0 Å². The number of aliphatic imine (C=N–C) groups is 1. The molecule has 0 aromatic heterocycles. The second-order valence-electron chi connectivity index (χ2n) is 12.2. The van der Waals surface area contributed by atoms with E-state index in [0.717, 1.165) is 4.90 Å². The first kappa shape index (κ1) is 41.1. The quantitative estimate of drug-likeness (QED) is 0.0360. The minimum absolute atomic E-state index is 0.0581. The fraction of sp³-hybridized carbons (Fsp3) is 0.690. The van der Waals surface area contributed by atoms with Crippen molar-refractivity contribution in [1.82, 2.24) is 31.1 Å². The predicted octanol–water partition coefficient (Wildman–Crippen LogP) is -5.72. The van der Waals surface area contributed by atoms with Crippen molar-refractivity contribution in [3.8, 4) is 0 Å². The topological polar surface area (TPSA) is 348 Å². The van der Waals surface area contributed by atoms with Gasteiger partial charge < -0.3 is 64.2 Å². The molecule has 0 spiro atoms. The fourth-order valence-corrected chi connectivity index (χ4v) is 5.63. The van der Waals surface area contributed by atoms with Crippen molar-refractivity contribution in [2.45, 2.75) is 101 Å². The zero-order chi connectivity index (χ0) is 37.7. The maximum absolute atomic E-state index is 13.6. The van der Waals surface area contributed by atoms with Crippen molar-refractivity contribution in [1.29, 1.82) is 0 Å². The first-order chi connectivity index (χ1) is 23.5. The number of amides is 7. The molecule has 50 heavy (non-hydrogen) atoms. The molecule has 14 N–H and O–H groups in total. The van der Waals surface area contributed by atoms with E-state index >= 15 is 0 Å². The molecule has 2 fully saturated rings. The average Bonchev–Trinajstić information content (AvgIpc) is 3.74. The summed E-state index contributed by atoms with van der Waals surface area (Å²) < 4.78 is 0. The average molecular weight is 712 g/mol. The Balaban J connectivity index is 2.15. The molecule has 2 aliphatic rings. The Hall–Kier alpha value is -5.05. The molecule has 21 nitrogen and oxygen atoms in total. The Morgan fingerprint density at radius 3 is 1.80 bits per heavy atom. The van der Waals surface area contributed by atoms with E-state index in [1.165, 1.54) is 18.7 Å². The Labute approximate surface area is 288 Å². The number of nitrogens with zero attached hydrogens (tertiary/aromatic N) is 3. The number of carbonyl (C=O) groups is 8. The summed E-state index contributed by atoms with van der Waals surface area (Å²) in [5.41, 5.74) is 21.3. The van der Waals surface area contributed by atoms with Gasteiger partial charge in [-0.2, -0.15) is 0 Å². The summed E-state index contributed by atoms with van der Waals surface area (Å²) in [6.07, 6.45) is 0.687. The van der Waals surface area contributed by atoms with Crippen molar-refractivity contribution in [2.24, 2.45) is 27.9 Å². The van der Waals surface area contributed by atoms with Gasteiger partial charge in [0.25, 0.3) is 0 Å². The van der Waals surface area contributed by atoms with Crippen LogP contribution in [-0.4, -0.2) is 142 Å². The minimum Gasteiger partial charge on any atom is -0.480 e. The molecule has 0 unspecified atom stereocenters. The van der Waals surface area contributed by atoms with Gasteiger partial charge in [-0.1, -0.05) is 0 Å². The Morgan fingerprint density at radius 2 is 1.32 bits per heavy atom. The third-order valence-corrected chi connectivity index (χ3v) is 8.22. The second kappa shape index (κ2) is 19.2. The van der Waals surface area contributed by atoms with Crippen LogP contribution >= 0.6 is 0 Å². The Bertz CT molecular complexity index is 1320.